The molecule has 1 fully saturated rings. The van der Waals surface area contributed by atoms with Crippen molar-refractivity contribution in [3.05, 3.63) is 53.5 Å². The van der Waals surface area contributed by atoms with E-state index in [1.807, 2.05) is 31.2 Å². The molecule has 0 aromatic carbocycles. The topological polar surface area (TPSA) is 59.8 Å². The molecule has 5 heteroatoms. The molecule has 2 atom stereocenters. The minimum Gasteiger partial charge on any atom is -0.311 e. The lowest BCUT2D eigenvalue weighted by atomic mass is 10.1. The standard InChI is InChI=1S/C20H26N4O/c1-13(2)10-16-18(20(16,4)5)19(25)22-17-11-14(3)23-24(17)12-15-8-6-7-9-21-15/h6-11,16,18H,12H2,1-5H3,(H,22,25)/t16-,18+/m1/s1. The summed E-state index contributed by atoms with van der Waals surface area (Å²) in [5.74, 6) is 1.09. The van der Waals surface area contributed by atoms with Crippen molar-refractivity contribution in [3.63, 3.8) is 0 Å². The van der Waals surface area contributed by atoms with Gasteiger partial charge >= 0.3 is 0 Å². The van der Waals surface area contributed by atoms with Crippen molar-refractivity contribution >= 4 is 11.7 Å². The van der Waals surface area contributed by atoms with Crippen molar-refractivity contribution in [1.82, 2.24) is 14.8 Å². The second-order valence-corrected chi connectivity index (χ2v) is 7.71. The van der Waals surface area contributed by atoms with Gasteiger partial charge in [-0.25, -0.2) is 4.68 Å². The summed E-state index contributed by atoms with van der Waals surface area (Å²) in [6, 6.07) is 7.70. The molecule has 0 bridgehead atoms. The third kappa shape index (κ3) is 3.65. The van der Waals surface area contributed by atoms with Gasteiger partial charge in [0.1, 0.15) is 5.82 Å². The van der Waals surface area contributed by atoms with Crippen molar-refractivity contribution < 1.29 is 4.79 Å². The van der Waals surface area contributed by atoms with E-state index in [0.29, 0.717) is 12.5 Å². The van der Waals surface area contributed by atoms with E-state index in [0.717, 1.165) is 17.2 Å². The van der Waals surface area contributed by atoms with E-state index in [1.54, 1.807) is 10.9 Å². The maximum absolute atomic E-state index is 12.8. The molecule has 1 aliphatic carbocycles. The summed E-state index contributed by atoms with van der Waals surface area (Å²) < 4.78 is 1.81. The highest BCUT2D eigenvalue weighted by Gasteiger charge is 2.60. The molecule has 3 rings (SSSR count). The van der Waals surface area contributed by atoms with Gasteiger partial charge in [0.05, 0.1) is 23.9 Å². The summed E-state index contributed by atoms with van der Waals surface area (Å²) >= 11 is 0. The first-order valence-electron chi connectivity index (χ1n) is 8.69. The van der Waals surface area contributed by atoms with Crippen LogP contribution in [0.3, 0.4) is 0 Å². The van der Waals surface area contributed by atoms with E-state index >= 15 is 0 Å². The summed E-state index contributed by atoms with van der Waals surface area (Å²) in [4.78, 5) is 17.1. The van der Waals surface area contributed by atoms with E-state index < -0.39 is 0 Å². The number of rotatable bonds is 5. The molecular formula is C20H26N4O. The third-order valence-electron chi connectivity index (χ3n) is 4.90. The lowest BCUT2D eigenvalue weighted by Gasteiger charge is -2.09. The summed E-state index contributed by atoms with van der Waals surface area (Å²) in [5, 5.41) is 7.57. The molecule has 1 amide bonds. The quantitative estimate of drug-likeness (QED) is 0.843. The molecule has 0 aliphatic heterocycles. The van der Waals surface area contributed by atoms with E-state index in [2.05, 4.69) is 49.2 Å². The highest BCUT2D eigenvalue weighted by atomic mass is 16.2. The summed E-state index contributed by atoms with van der Waals surface area (Å²) in [6.45, 7) is 10.9. The van der Waals surface area contributed by atoms with Crippen molar-refractivity contribution in [2.75, 3.05) is 5.32 Å². The molecule has 2 heterocycles. The van der Waals surface area contributed by atoms with Gasteiger partial charge in [-0.1, -0.05) is 31.6 Å². The second kappa shape index (κ2) is 6.47. The Hall–Kier alpha value is -2.43. The van der Waals surface area contributed by atoms with Crippen molar-refractivity contribution in [2.45, 2.75) is 41.2 Å². The van der Waals surface area contributed by atoms with Crippen molar-refractivity contribution in [3.8, 4) is 0 Å². The van der Waals surface area contributed by atoms with E-state index in [-0.39, 0.29) is 17.2 Å². The Morgan fingerprint density at radius 3 is 2.76 bits per heavy atom. The van der Waals surface area contributed by atoms with Gasteiger partial charge in [-0.05, 0) is 44.2 Å². The summed E-state index contributed by atoms with van der Waals surface area (Å²) in [5.41, 5.74) is 3.05. The second-order valence-electron chi connectivity index (χ2n) is 7.71. The number of amides is 1. The van der Waals surface area contributed by atoms with Gasteiger partial charge in [-0.3, -0.25) is 9.78 Å². The Kier molecular flexibility index (Phi) is 4.50. The predicted molar refractivity (Wildman–Crippen MR) is 99.1 cm³/mol. The van der Waals surface area contributed by atoms with Gasteiger partial charge in [-0.15, -0.1) is 0 Å². The highest BCUT2D eigenvalue weighted by Crippen LogP contribution is 2.59. The van der Waals surface area contributed by atoms with Crippen LogP contribution in [0.1, 0.15) is 39.1 Å². The Morgan fingerprint density at radius 2 is 2.12 bits per heavy atom. The molecule has 25 heavy (non-hydrogen) atoms. The number of anilines is 1. The molecule has 2 aromatic heterocycles. The number of nitrogens with one attached hydrogen (secondary N) is 1. The Balaban J connectivity index is 1.75. The number of allylic oxidation sites excluding steroid dienone is 2. The van der Waals surface area contributed by atoms with Gasteiger partial charge in [0.15, 0.2) is 0 Å². The molecule has 2 aromatic rings. The summed E-state index contributed by atoms with van der Waals surface area (Å²) in [7, 11) is 0. The molecule has 0 saturated heterocycles. The Labute approximate surface area is 149 Å². The number of carbonyl (C=O) groups excluding carboxylic acids is 1. The number of hydrogen-bond acceptors (Lipinski definition) is 3. The molecular weight excluding hydrogens is 312 g/mol. The lowest BCUT2D eigenvalue weighted by molar-refractivity contribution is -0.118. The van der Waals surface area contributed by atoms with Gasteiger partial charge in [0.25, 0.3) is 0 Å². The number of carbonyl (C=O) groups is 1. The number of aryl methyl sites for hydroxylation is 1. The molecule has 0 unspecified atom stereocenters. The van der Waals surface area contributed by atoms with Gasteiger partial charge < -0.3 is 5.32 Å². The minimum atomic E-state index is 0.000839. The van der Waals surface area contributed by atoms with Crippen LogP contribution in [0.4, 0.5) is 5.82 Å². The van der Waals surface area contributed by atoms with E-state index in [9.17, 15) is 4.79 Å². The zero-order valence-corrected chi connectivity index (χ0v) is 15.6. The minimum absolute atomic E-state index is 0.000839. The van der Waals surface area contributed by atoms with E-state index in [4.69, 9.17) is 0 Å². The SMILES string of the molecule is CC(C)=C[C@@H]1[C@@H](C(=O)Nc2cc(C)nn2Cc2ccccn2)C1(C)C. The van der Waals surface area contributed by atoms with Crippen LogP contribution < -0.4 is 5.32 Å². The summed E-state index contributed by atoms with van der Waals surface area (Å²) in [6.07, 6.45) is 3.97. The zero-order chi connectivity index (χ0) is 18.2. The van der Waals surface area contributed by atoms with Gasteiger partial charge in [0, 0.05) is 12.3 Å². The molecule has 132 valence electrons. The molecule has 1 N–H and O–H groups in total. The lowest BCUT2D eigenvalue weighted by Crippen LogP contribution is -2.20. The first-order chi connectivity index (χ1) is 11.8. The van der Waals surface area contributed by atoms with Crippen LogP contribution in [0, 0.1) is 24.2 Å². The number of pyridine rings is 1. The average Bonchev–Trinajstić information content (AvgIpc) is 2.88. The van der Waals surface area contributed by atoms with Crippen LogP contribution in [-0.2, 0) is 11.3 Å². The normalized spacial score (nSPS) is 20.8. The van der Waals surface area contributed by atoms with Gasteiger partial charge in [-0.2, -0.15) is 5.10 Å². The van der Waals surface area contributed by atoms with Crippen LogP contribution in [-0.4, -0.2) is 20.7 Å². The first-order valence-corrected chi connectivity index (χ1v) is 8.69. The van der Waals surface area contributed by atoms with E-state index in [1.165, 1.54) is 5.57 Å². The fraction of sp³-hybridized carbons (Fsp3) is 0.450. The maximum atomic E-state index is 12.8. The monoisotopic (exact) mass is 338 g/mol. The molecule has 1 saturated carbocycles. The number of hydrogen-bond donors (Lipinski definition) is 1. The largest absolute Gasteiger partial charge is 0.311 e. The van der Waals surface area contributed by atoms with Crippen LogP contribution in [0.25, 0.3) is 0 Å². The van der Waals surface area contributed by atoms with Crippen molar-refractivity contribution in [2.24, 2.45) is 17.3 Å². The zero-order valence-electron chi connectivity index (χ0n) is 15.6. The fourth-order valence-electron chi connectivity index (χ4n) is 3.46. The van der Waals surface area contributed by atoms with Crippen LogP contribution in [0.2, 0.25) is 0 Å². The van der Waals surface area contributed by atoms with Gasteiger partial charge in [0.2, 0.25) is 5.91 Å². The van der Waals surface area contributed by atoms with Crippen LogP contribution in [0.15, 0.2) is 42.1 Å². The third-order valence-corrected chi connectivity index (χ3v) is 4.90. The smallest absolute Gasteiger partial charge is 0.229 e. The maximum Gasteiger partial charge on any atom is 0.229 e. The Bertz CT molecular complexity index is 800. The number of aromatic nitrogens is 3. The molecule has 0 spiro atoms. The molecule has 1 aliphatic rings. The molecule has 0 radical (unpaired) electrons. The average molecular weight is 338 g/mol. The van der Waals surface area contributed by atoms with Crippen LogP contribution >= 0.6 is 0 Å². The van der Waals surface area contributed by atoms with Crippen LogP contribution in [0.5, 0.6) is 0 Å². The fourth-order valence-corrected chi connectivity index (χ4v) is 3.46. The predicted octanol–water partition coefficient (Wildman–Crippen LogP) is 3.81. The molecule has 5 nitrogen and oxygen atoms in total. The van der Waals surface area contributed by atoms with Crippen molar-refractivity contribution in [1.29, 1.82) is 0 Å². The Morgan fingerprint density at radius 1 is 1.36 bits per heavy atom. The highest BCUT2D eigenvalue weighted by molar-refractivity contribution is 5.95. The first kappa shape index (κ1) is 17.4. The number of nitrogens with zero attached hydrogens (tertiary/aromatic N) is 3.